The van der Waals surface area contributed by atoms with Crippen molar-refractivity contribution in [1.29, 1.82) is 0 Å². The third kappa shape index (κ3) is 13.2. The first-order valence-corrected chi connectivity index (χ1v) is 25.0. The van der Waals surface area contributed by atoms with Crippen LogP contribution in [0.5, 0.6) is 0 Å². The molecule has 4 aromatic carbocycles. The summed E-state index contributed by atoms with van der Waals surface area (Å²) in [6.45, 7) is 2.05. The predicted octanol–water partition coefficient (Wildman–Crippen LogP) is 18.6. The molecule has 8 heterocycles. The summed E-state index contributed by atoms with van der Waals surface area (Å²) in [5.41, 5.74) is 1.57. The van der Waals surface area contributed by atoms with Gasteiger partial charge in [0.15, 0.2) is 0 Å². The van der Waals surface area contributed by atoms with E-state index in [9.17, 15) is 39.5 Å². The van der Waals surface area contributed by atoms with Gasteiger partial charge in [0.2, 0.25) is 0 Å². The first-order valence-electron chi connectivity index (χ1n) is 21.7. The van der Waals surface area contributed by atoms with E-state index < -0.39 is 35.2 Å². The standard InChI is InChI=1S/C14H8F3NS.2C14H7F3NS.C14H10NS.Ir/c3*15-14(16,17)10-5-6-11(18-8-10)13-7-9-3-1-2-4-12(9)19-13;1-10-6-7-12(15-9-10)14-8-11-4-2-3-5-13(11)16-14;/h1-8H;2*1-6,8H;2-7,9H,1H3;/q;3*-1;+3. The van der Waals surface area contributed by atoms with Gasteiger partial charge < -0.3 is 15.0 Å². The predicted molar refractivity (Wildman–Crippen MR) is 276 cm³/mol. The van der Waals surface area contributed by atoms with Crippen molar-refractivity contribution in [3.05, 3.63) is 217 Å². The van der Waals surface area contributed by atoms with Gasteiger partial charge in [-0.2, -0.15) is 39.5 Å². The van der Waals surface area contributed by atoms with Crippen LogP contribution in [0.1, 0.15) is 22.3 Å². The molecule has 12 aromatic rings. The van der Waals surface area contributed by atoms with Crippen LogP contribution in [0.15, 0.2) is 176 Å². The summed E-state index contributed by atoms with van der Waals surface area (Å²) in [5.74, 6) is 0. The van der Waals surface area contributed by atoms with Crippen LogP contribution < -0.4 is 0 Å². The van der Waals surface area contributed by atoms with E-state index in [0.717, 1.165) is 92.3 Å². The van der Waals surface area contributed by atoms with Crippen molar-refractivity contribution in [2.75, 3.05) is 0 Å². The zero-order valence-electron chi connectivity index (χ0n) is 37.9. The van der Waals surface area contributed by atoms with Gasteiger partial charge in [0.25, 0.3) is 0 Å². The number of halogens is 9. The van der Waals surface area contributed by atoms with Crippen LogP contribution in [0.4, 0.5) is 39.5 Å². The van der Waals surface area contributed by atoms with Crippen LogP contribution in [0.3, 0.4) is 0 Å². The number of hydrogen-bond donors (Lipinski definition) is 0. The molecule has 0 aliphatic rings. The van der Waals surface area contributed by atoms with Crippen molar-refractivity contribution in [3.63, 3.8) is 0 Å². The second-order valence-electron chi connectivity index (χ2n) is 15.8. The van der Waals surface area contributed by atoms with Gasteiger partial charge in [-0.25, -0.2) is 34.0 Å². The number of aryl methyl sites for hydroxylation is 1. The molecule has 0 saturated carbocycles. The number of benzene rings is 4. The molecule has 74 heavy (non-hydrogen) atoms. The first kappa shape index (κ1) is 53.6. The van der Waals surface area contributed by atoms with Gasteiger partial charge in [0, 0.05) is 46.6 Å². The molecule has 0 fully saturated rings. The van der Waals surface area contributed by atoms with E-state index in [1.807, 2.05) is 98.0 Å². The Balaban J connectivity index is 0.000000131. The van der Waals surface area contributed by atoms with Crippen molar-refractivity contribution in [2.24, 2.45) is 0 Å². The van der Waals surface area contributed by atoms with Gasteiger partial charge in [0.05, 0.1) is 27.3 Å². The molecule has 18 heteroatoms. The Bertz CT molecular complexity index is 3330. The zero-order valence-corrected chi connectivity index (χ0v) is 43.6. The Morgan fingerprint density at radius 3 is 1.03 bits per heavy atom. The Hall–Kier alpha value is -6.66. The summed E-state index contributed by atoms with van der Waals surface area (Å²) >= 11 is 6.19. The number of nitrogens with zero attached hydrogens (tertiary/aromatic N) is 4. The molecule has 0 N–H and O–H groups in total. The molecule has 0 unspecified atom stereocenters. The van der Waals surface area contributed by atoms with Crippen molar-refractivity contribution >= 4 is 85.7 Å². The fourth-order valence-corrected chi connectivity index (χ4v) is 10.9. The summed E-state index contributed by atoms with van der Waals surface area (Å²) in [5, 5.41) is 4.14. The number of rotatable bonds is 4. The maximum atomic E-state index is 12.5. The summed E-state index contributed by atoms with van der Waals surface area (Å²) in [4.78, 5) is 19.5. The number of fused-ring (bicyclic) bond motifs is 4. The number of thiophene rings is 4. The molecular formula is C56H32F9IrN4S4. The van der Waals surface area contributed by atoms with E-state index in [2.05, 4.69) is 68.5 Å². The molecule has 0 aliphatic heterocycles. The molecule has 0 bridgehead atoms. The number of alkyl halides is 9. The topological polar surface area (TPSA) is 51.6 Å². The fraction of sp³-hybridized carbons (Fsp3) is 0.0714. The molecule has 372 valence electrons. The van der Waals surface area contributed by atoms with Crippen molar-refractivity contribution in [3.8, 4) is 42.3 Å². The second-order valence-corrected chi connectivity index (χ2v) is 20.1. The molecule has 0 saturated heterocycles. The molecule has 0 aliphatic carbocycles. The average Bonchev–Trinajstić information content (AvgIpc) is 4.21. The Morgan fingerprint density at radius 1 is 0.365 bits per heavy atom. The zero-order chi connectivity index (χ0) is 51.3. The maximum Gasteiger partial charge on any atom is 3.00 e. The van der Waals surface area contributed by atoms with E-state index in [1.165, 1.54) is 67.9 Å². The van der Waals surface area contributed by atoms with Crippen LogP contribution in [0, 0.1) is 25.1 Å². The van der Waals surface area contributed by atoms with Crippen molar-refractivity contribution in [2.45, 2.75) is 25.5 Å². The molecule has 0 amide bonds. The van der Waals surface area contributed by atoms with E-state index in [-0.39, 0.29) is 20.1 Å². The smallest absolute Gasteiger partial charge is 0.303 e. The van der Waals surface area contributed by atoms with Crippen LogP contribution in [0.2, 0.25) is 0 Å². The van der Waals surface area contributed by atoms with Crippen LogP contribution in [-0.2, 0) is 38.6 Å². The summed E-state index contributed by atoms with van der Waals surface area (Å²) < 4.78 is 116. The van der Waals surface area contributed by atoms with Gasteiger partial charge in [-0.15, -0.1) is 82.1 Å². The minimum Gasteiger partial charge on any atom is -0.303 e. The quantitative estimate of drug-likeness (QED) is 0.130. The average molecular weight is 1250 g/mol. The Labute approximate surface area is 446 Å². The summed E-state index contributed by atoms with van der Waals surface area (Å²) in [6, 6.07) is 54.5. The molecule has 4 nitrogen and oxygen atoms in total. The van der Waals surface area contributed by atoms with Gasteiger partial charge in [0.1, 0.15) is 0 Å². The van der Waals surface area contributed by atoms with Crippen LogP contribution in [-0.4, -0.2) is 19.9 Å². The van der Waals surface area contributed by atoms with Gasteiger partial charge >= 0.3 is 38.6 Å². The monoisotopic (exact) mass is 1250 g/mol. The maximum absolute atomic E-state index is 12.5. The van der Waals surface area contributed by atoms with Crippen molar-refractivity contribution in [1.82, 2.24) is 19.9 Å². The number of aromatic nitrogens is 4. The second kappa shape index (κ2) is 22.8. The summed E-state index contributed by atoms with van der Waals surface area (Å²) in [7, 11) is 0. The molecule has 0 spiro atoms. The Morgan fingerprint density at radius 2 is 0.703 bits per heavy atom. The first-order chi connectivity index (χ1) is 34.9. The molecule has 12 rings (SSSR count). The molecule has 0 radical (unpaired) electrons. The van der Waals surface area contributed by atoms with E-state index in [0.29, 0.717) is 17.1 Å². The largest absolute Gasteiger partial charge is 3.00 e. The van der Waals surface area contributed by atoms with Gasteiger partial charge in [-0.3, -0.25) is 4.98 Å². The number of hydrogen-bond acceptors (Lipinski definition) is 8. The van der Waals surface area contributed by atoms with Crippen LogP contribution >= 0.6 is 45.3 Å². The van der Waals surface area contributed by atoms with Gasteiger partial charge in [-0.1, -0.05) is 91.0 Å². The minimum atomic E-state index is -4.35. The van der Waals surface area contributed by atoms with Crippen LogP contribution in [0.25, 0.3) is 82.6 Å². The molecule has 0 atom stereocenters. The van der Waals surface area contributed by atoms with E-state index >= 15 is 0 Å². The third-order valence-corrected chi connectivity index (χ3v) is 15.0. The third-order valence-electron chi connectivity index (χ3n) is 10.6. The van der Waals surface area contributed by atoms with Crippen molar-refractivity contribution < 1.29 is 59.6 Å². The SMILES string of the molecule is Cc1ccc(-c2[c-]c3ccccc3s2)nc1.FC(F)(F)c1ccc(-c2[c-]c3ccccc3s2)nc1.FC(F)(F)c1ccc(-c2[c-]c3ccccc3s2)nc1.FC(F)(F)c1ccc(-c2cc3ccccc3s2)nc1.[Ir+3]. The minimum absolute atomic E-state index is 0. The summed E-state index contributed by atoms with van der Waals surface area (Å²) in [6.07, 6.45) is -8.56. The normalized spacial score (nSPS) is 11.5. The van der Waals surface area contributed by atoms with E-state index in [1.54, 1.807) is 11.3 Å². The number of pyridine rings is 4. The van der Waals surface area contributed by atoms with E-state index in [4.69, 9.17) is 0 Å². The Kier molecular flexibility index (Phi) is 16.6. The fourth-order valence-electron chi connectivity index (χ4n) is 6.91. The molecule has 8 aromatic heterocycles. The molecular weight excluding hydrogens is 1220 g/mol. The van der Waals surface area contributed by atoms with Gasteiger partial charge in [-0.05, 0) is 70.9 Å².